The van der Waals surface area contributed by atoms with Gasteiger partial charge in [0, 0.05) is 17.1 Å². The van der Waals surface area contributed by atoms with Crippen LogP contribution in [0.3, 0.4) is 0 Å². The van der Waals surface area contributed by atoms with Crippen molar-refractivity contribution in [2.45, 2.75) is 19.6 Å². The van der Waals surface area contributed by atoms with Crippen LogP contribution in [-0.2, 0) is 11.3 Å². The van der Waals surface area contributed by atoms with Gasteiger partial charge in [-0.05, 0) is 13.0 Å². The molecule has 0 bridgehead atoms. The summed E-state index contributed by atoms with van der Waals surface area (Å²) in [7, 11) is 0. The summed E-state index contributed by atoms with van der Waals surface area (Å²) >= 11 is 0.995. The van der Waals surface area contributed by atoms with Crippen LogP contribution in [0, 0.1) is 6.92 Å². The molecule has 0 spiro atoms. The highest BCUT2D eigenvalue weighted by Crippen LogP contribution is 2.18. The molecule has 10 heteroatoms. The Morgan fingerprint density at radius 1 is 1.43 bits per heavy atom. The molecule has 2 heterocycles. The van der Waals surface area contributed by atoms with Gasteiger partial charge in [0.05, 0.1) is 11.9 Å². The Balaban J connectivity index is 1.93. The highest BCUT2D eigenvalue weighted by molar-refractivity contribution is 7.07. The number of nitrogens with zero attached hydrogens (tertiary/aromatic N) is 2. The molecule has 1 amide bonds. The normalized spacial score (nSPS) is 11.3. The van der Waals surface area contributed by atoms with Crippen molar-refractivity contribution >= 4 is 22.9 Å². The maximum atomic E-state index is 12.0. The first-order valence-electron chi connectivity index (χ1n) is 6.35. The lowest BCUT2D eigenvalue weighted by Crippen LogP contribution is -2.25. The van der Waals surface area contributed by atoms with Gasteiger partial charge in [-0.15, -0.1) is 0 Å². The van der Waals surface area contributed by atoms with Gasteiger partial charge in [-0.2, -0.15) is 13.2 Å². The fourth-order valence-electron chi connectivity index (χ4n) is 1.64. The molecule has 2 aromatic heterocycles. The van der Waals surface area contributed by atoms with Crippen LogP contribution >= 0.6 is 11.3 Å². The highest BCUT2D eigenvalue weighted by Gasteiger charge is 2.28. The number of aryl methyl sites for hydroxylation is 1. The summed E-state index contributed by atoms with van der Waals surface area (Å²) < 4.78 is 41.8. The Hall–Kier alpha value is -2.36. The van der Waals surface area contributed by atoms with Crippen molar-refractivity contribution in [1.29, 1.82) is 0 Å². The van der Waals surface area contributed by atoms with Crippen LogP contribution in [0.4, 0.5) is 18.9 Å². The molecular weight excluding hydrogens is 335 g/mol. The molecule has 0 aromatic carbocycles. The monoisotopic (exact) mass is 347 g/mol. The van der Waals surface area contributed by atoms with E-state index in [1.54, 1.807) is 12.3 Å². The van der Waals surface area contributed by atoms with Crippen molar-refractivity contribution in [3.63, 3.8) is 0 Å². The van der Waals surface area contributed by atoms with Crippen molar-refractivity contribution in [1.82, 2.24) is 9.55 Å². The number of halogens is 3. The number of rotatable bonds is 5. The molecule has 0 aliphatic carbocycles. The van der Waals surface area contributed by atoms with Gasteiger partial charge in [0.1, 0.15) is 6.54 Å². The number of pyridine rings is 1. The third-order valence-corrected chi connectivity index (χ3v) is 3.56. The van der Waals surface area contributed by atoms with Crippen molar-refractivity contribution in [2.75, 3.05) is 11.9 Å². The second-order valence-corrected chi connectivity index (χ2v) is 5.39. The number of carbonyl (C=O) groups is 1. The summed E-state index contributed by atoms with van der Waals surface area (Å²) in [6.45, 7) is 0.117. The first kappa shape index (κ1) is 17.0. The minimum atomic E-state index is -4.44. The number of thiazole rings is 1. The van der Waals surface area contributed by atoms with Gasteiger partial charge in [0.15, 0.2) is 6.61 Å². The van der Waals surface area contributed by atoms with E-state index in [0.717, 1.165) is 11.3 Å². The van der Waals surface area contributed by atoms with Crippen LogP contribution in [0.1, 0.15) is 5.69 Å². The Bertz CT molecular complexity index is 737. The van der Waals surface area contributed by atoms with E-state index in [4.69, 9.17) is 0 Å². The number of hydrogen-bond acceptors (Lipinski definition) is 5. The van der Waals surface area contributed by atoms with Gasteiger partial charge in [-0.3, -0.25) is 14.2 Å². The molecule has 6 nitrogen and oxygen atoms in total. The molecule has 0 saturated heterocycles. The maximum Gasteiger partial charge on any atom is 0.422 e. The second kappa shape index (κ2) is 6.82. The zero-order chi connectivity index (χ0) is 17.0. The van der Waals surface area contributed by atoms with Gasteiger partial charge in [-0.1, -0.05) is 11.3 Å². The van der Waals surface area contributed by atoms with Crippen LogP contribution in [0.25, 0.3) is 0 Å². The predicted molar refractivity (Wildman–Crippen MR) is 77.7 cm³/mol. The number of nitrogens with one attached hydrogen (secondary N) is 1. The Kier molecular flexibility index (Phi) is 5.04. The molecular formula is C13H12F3N3O3S. The predicted octanol–water partition coefficient (Wildman–Crippen LogP) is 2.19. The van der Waals surface area contributed by atoms with E-state index in [-0.39, 0.29) is 23.0 Å². The molecule has 2 rings (SSSR count). The van der Waals surface area contributed by atoms with E-state index < -0.39 is 18.7 Å². The minimum absolute atomic E-state index is 0.152. The zero-order valence-electron chi connectivity index (χ0n) is 11.9. The number of alkyl halides is 3. The number of aromatic nitrogens is 2. The van der Waals surface area contributed by atoms with E-state index in [1.807, 2.05) is 0 Å². The molecule has 0 atom stereocenters. The van der Waals surface area contributed by atoms with Gasteiger partial charge < -0.3 is 10.1 Å². The highest BCUT2D eigenvalue weighted by atomic mass is 32.1. The molecule has 0 saturated carbocycles. The van der Waals surface area contributed by atoms with Crippen molar-refractivity contribution in [3.05, 3.63) is 39.1 Å². The van der Waals surface area contributed by atoms with Crippen molar-refractivity contribution < 1.29 is 22.7 Å². The molecule has 23 heavy (non-hydrogen) atoms. The Morgan fingerprint density at radius 3 is 2.70 bits per heavy atom. The largest absolute Gasteiger partial charge is 0.468 e. The quantitative estimate of drug-likeness (QED) is 0.900. The fraction of sp³-hybridized carbons (Fsp3) is 0.308. The summed E-state index contributed by atoms with van der Waals surface area (Å²) in [5.74, 6) is -0.649. The zero-order valence-corrected chi connectivity index (χ0v) is 12.7. The van der Waals surface area contributed by atoms with Gasteiger partial charge in [-0.25, -0.2) is 4.98 Å². The van der Waals surface area contributed by atoms with Crippen LogP contribution in [0.5, 0.6) is 5.88 Å². The molecule has 0 fully saturated rings. The number of anilines is 1. The van der Waals surface area contributed by atoms with Crippen molar-refractivity contribution in [2.24, 2.45) is 0 Å². The number of hydrogen-bond donors (Lipinski definition) is 1. The summed E-state index contributed by atoms with van der Waals surface area (Å²) in [6, 6.07) is 2.57. The minimum Gasteiger partial charge on any atom is -0.468 e. The SMILES string of the molecule is Cc1csc(=O)n1CC(=O)Nc1ccc(OCC(F)(F)F)nc1. The van der Waals surface area contributed by atoms with Gasteiger partial charge in [0.25, 0.3) is 0 Å². The molecule has 0 aliphatic heterocycles. The van der Waals surface area contributed by atoms with Crippen LogP contribution in [-0.4, -0.2) is 28.2 Å². The fourth-order valence-corrected chi connectivity index (χ4v) is 2.37. The van der Waals surface area contributed by atoms with E-state index in [1.165, 1.54) is 22.9 Å². The number of ether oxygens (including phenoxy) is 1. The Morgan fingerprint density at radius 2 is 2.17 bits per heavy atom. The Labute approximate surface area is 132 Å². The number of carbonyl (C=O) groups excluding carboxylic acids is 1. The lowest BCUT2D eigenvalue weighted by Gasteiger charge is -2.09. The summed E-state index contributed by atoms with van der Waals surface area (Å²) in [5, 5.41) is 4.14. The number of amides is 1. The van der Waals surface area contributed by atoms with E-state index in [0.29, 0.717) is 5.69 Å². The standard InChI is InChI=1S/C13H12F3N3O3S/c1-8-6-23-12(21)19(8)5-10(20)18-9-2-3-11(17-4-9)22-7-13(14,15)16/h2-4,6H,5,7H2,1H3,(H,18,20). The third-order valence-electron chi connectivity index (χ3n) is 2.68. The van der Waals surface area contributed by atoms with Gasteiger partial charge in [0.2, 0.25) is 11.8 Å². The average Bonchev–Trinajstić information content (AvgIpc) is 2.77. The van der Waals surface area contributed by atoms with E-state index in [9.17, 15) is 22.8 Å². The summed E-state index contributed by atoms with van der Waals surface area (Å²) in [6.07, 6.45) is -3.27. The smallest absolute Gasteiger partial charge is 0.422 e. The van der Waals surface area contributed by atoms with Crippen LogP contribution < -0.4 is 14.9 Å². The van der Waals surface area contributed by atoms with E-state index in [2.05, 4.69) is 15.0 Å². The second-order valence-electron chi connectivity index (χ2n) is 4.57. The molecule has 0 radical (unpaired) electrons. The average molecular weight is 347 g/mol. The molecule has 0 aliphatic rings. The molecule has 1 N–H and O–H groups in total. The summed E-state index contributed by atoms with van der Waals surface area (Å²) in [4.78, 5) is 26.8. The van der Waals surface area contributed by atoms with Crippen LogP contribution in [0.2, 0.25) is 0 Å². The first-order valence-corrected chi connectivity index (χ1v) is 7.23. The lowest BCUT2D eigenvalue weighted by molar-refractivity contribution is -0.154. The topological polar surface area (TPSA) is 73.2 Å². The molecule has 124 valence electrons. The molecule has 2 aromatic rings. The van der Waals surface area contributed by atoms with Crippen LogP contribution in [0.15, 0.2) is 28.5 Å². The van der Waals surface area contributed by atoms with Crippen molar-refractivity contribution in [3.8, 4) is 5.88 Å². The molecule has 0 unspecified atom stereocenters. The lowest BCUT2D eigenvalue weighted by atomic mass is 10.4. The van der Waals surface area contributed by atoms with Gasteiger partial charge >= 0.3 is 11.0 Å². The maximum absolute atomic E-state index is 12.0. The first-order chi connectivity index (χ1) is 10.7. The summed E-state index contributed by atoms with van der Waals surface area (Å²) in [5.41, 5.74) is 0.958. The third kappa shape index (κ3) is 5.09. The van der Waals surface area contributed by atoms with E-state index >= 15 is 0 Å².